The minimum atomic E-state index is -3.15. The van der Waals surface area contributed by atoms with Crippen molar-refractivity contribution in [2.75, 3.05) is 13.7 Å². The zero-order valence-corrected chi connectivity index (χ0v) is 21.4. The number of aromatic amines is 1. The van der Waals surface area contributed by atoms with E-state index < -0.39 is 56.5 Å². The van der Waals surface area contributed by atoms with Crippen molar-refractivity contribution in [1.82, 2.24) is 14.5 Å². The maximum Gasteiger partial charge on any atom is 0.695 e. The molecule has 0 saturated carbocycles. The molecular weight excluding hydrogens is 525 g/mol. The number of hydrogen-bond donors (Lipinski definition) is 3. The van der Waals surface area contributed by atoms with Crippen LogP contribution < -0.4 is 11.2 Å². The Balaban J connectivity index is 1.49. The van der Waals surface area contributed by atoms with Crippen molar-refractivity contribution in [3.63, 3.8) is 0 Å². The molecule has 3 N–H and O–H groups in total. The van der Waals surface area contributed by atoms with Crippen molar-refractivity contribution >= 4 is 46.5 Å². The van der Waals surface area contributed by atoms with Crippen LogP contribution in [0.3, 0.4) is 0 Å². The maximum absolute atomic E-state index is 14.1. The fourth-order valence-corrected chi connectivity index (χ4v) is 6.09. The van der Waals surface area contributed by atoms with Gasteiger partial charge in [0, 0.05) is 29.4 Å². The Hall–Kier alpha value is -3.99. The molecule has 1 unspecified atom stereocenters. The van der Waals surface area contributed by atoms with Gasteiger partial charge in [0.05, 0.1) is 6.61 Å². The Bertz CT molecular complexity index is 1850. The van der Waals surface area contributed by atoms with Crippen molar-refractivity contribution in [2.45, 2.75) is 24.5 Å². The number of aromatic nitrogens is 2. The molecule has 0 bridgehead atoms. The normalized spacial score (nSPS) is 21.7. The van der Waals surface area contributed by atoms with Gasteiger partial charge in [-0.3, -0.25) is 19.1 Å². The number of amides is 1. The molecule has 12 heteroatoms. The zero-order valence-electron chi connectivity index (χ0n) is 20.6. The lowest BCUT2D eigenvalue weighted by molar-refractivity contribution is -0.0467. The Labute approximate surface area is 221 Å². The van der Waals surface area contributed by atoms with E-state index in [-0.39, 0.29) is 0 Å². The van der Waals surface area contributed by atoms with Crippen molar-refractivity contribution in [1.29, 1.82) is 0 Å². The number of carbonyl (C=O) groups is 1. The molecule has 5 aromatic rings. The number of hydrogen-bond acceptors (Lipinski definition) is 7. The van der Waals surface area contributed by atoms with Gasteiger partial charge in [0.1, 0.15) is 12.1 Å². The molecular formula is C27H23N3O8P+. The molecule has 11 nitrogen and oxygen atoms in total. The number of carbonyl (C=O) groups excluding carboxylic acids is 1. The van der Waals surface area contributed by atoms with E-state index in [0.717, 1.165) is 43.0 Å². The molecule has 198 valence electrons. The summed E-state index contributed by atoms with van der Waals surface area (Å²) in [4.78, 5) is 51.4. The summed E-state index contributed by atoms with van der Waals surface area (Å²) in [6, 6.07) is 17.4. The third-order valence-corrected chi connectivity index (χ3v) is 7.78. The number of rotatable bonds is 6. The fraction of sp³-hybridized carbons (Fsp3) is 0.222. The third-order valence-electron chi connectivity index (χ3n) is 7.35. The lowest BCUT2D eigenvalue weighted by Gasteiger charge is -2.31. The van der Waals surface area contributed by atoms with Crippen LogP contribution in [-0.4, -0.2) is 62.3 Å². The number of ether oxygens (including phenoxy) is 1. The minimum Gasteiger partial charge on any atom is -0.394 e. The van der Waals surface area contributed by atoms with E-state index in [4.69, 9.17) is 9.26 Å². The predicted octanol–water partition coefficient (Wildman–Crippen LogP) is 2.50. The first kappa shape index (κ1) is 25.3. The van der Waals surface area contributed by atoms with Crippen molar-refractivity contribution < 1.29 is 28.6 Å². The second-order valence-corrected chi connectivity index (χ2v) is 10.1. The number of H-pyrrole nitrogens is 1. The van der Waals surface area contributed by atoms with Gasteiger partial charge in [-0.15, -0.1) is 9.42 Å². The Morgan fingerprint density at radius 2 is 1.72 bits per heavy atom. The molecule has 1 amide bonds. The summed E-state index contributed by atoms with van der Waals surface area (Å²) >= 11 is 0. The fourth-order valence-electron chi connectivity index (χ4n) is 5.62. The Morgan fingerprint density at radius 3 is 2.38 bits per heavy atom. The predicted molar refractivity (Wildman–Crippen MR) is 143 cm³/mol. The van der Waals surface area contributed by atoms with E-state index in [9.17, 15) is 28.9 Å². The monoisotopic (exact) mass is 548 g/mol. The SMILES string of the molecule is CN(C(=O)c1ccc2ccc3cccc4ccc1c2c34)[C@@H]1[C@H](O[P+](=O)O)[C@@H](CO)O[C@H]1n1ccc(=O)[nH]c1=O. The van der Waals surface area contributed by atoms with E-state index >= 15 is 0 Å². The zero-order chi connectivity index (χ0) is 27.4. The lowest BCUT2D eigenvalue weighted by atomic mass is 9.91. The van der Waals surface area contributed by atoms with Crippen molar-refractivity contribution in [2.24, 2.45) is 0 Å². The summed E-state index contributed by atoms with van der Waals surface area (Å²) in [7, 11) is -1.68. The molecule has 1 saturated heterocycles. The molecule has 0 spiro atoms. The summed E-state index contributed by atoms with van der Waals surface area (Å²) in [6.07, 6.45) is -2.44. The number of aliphatic hydroxyl groups excluding tert-OH is 1. The summed E-state index contributed by atoms with van der Waals surface area (Å²) in [5.41, 5.74) is -1.07. The number of likely N-dealkylation sites (N-methyl/N-ethyl adjacent to an activating group) is 1. The molecule has 5 atom stereocenters. The first-order valence-electron chi connectivity index (χ1n) is 12.1. The van der Waals surface area contributed by atoms with Gasteiger partial charge < -0.3 is 14.7 Å². The van der Waals surface area contributed by atoms with Crippen LogP contribution in [0.1, 0.15) is 16.6 Å². The Morgan fingerprint density at radius 1 is 1.05 bits per heavy atom. The standard InChI is InChI=1S/C27H22N3O8P/c1-29(23-24(38-39(35)36)19(13-31)37-26(23)30-12-11-20(32)28-27(30)34)25(33)18-10-8-16-6-5-14-3-2-4-15-7-9-17(18)22(16)21(14)15/h2-12,19,23-24,26,31H,13H2,1H3,(H-,28,32,34,35,36)/p+1/t19-,23-,24-,26-/m1/s1. The van der Waals surface area contributed by atoms with Crippen molar-refractivity contribution in [3.05, 3.63) is 93.3 Å². The highest BCUT2D eigenvalue weighted by Crippen LogP contribution is 2.40. The third kappa shape index (κ3) is 4.12. The number of aliphatic hydroxyl groups is 1. The number of benzene rings is 4. The second kappa shape index (κ2) is 9.64. The van der Waals surface area contributed by atoms with Gasteiger partial charge in [0.2, 0.25) is 0 Å². The topological polar surface area (TPSA) is 151 Å². The van der Waals surface area contributed by atoms with E-state index in [2.05, 4.69) is 4.98 Å². The van der Waals surface area contributed by atoms with Crippen LogP contribution in [0.15, 0.2) is 76.4 Å². The number of nitrogens with one attached hydrogen (secondary N) is 1. The highest BCUT2D eigenvalue weighted by Gasteiger charge is 2.53. The van der Waals surface area contributed by atoms with Gasteiger partial charge in [0.25, 0.3) is 11.5 Å². The lowest BCUT2D eigenvalue weighted by Crippen LogP contribution is -2.50. The van der Waals surface area contributed by atoms with E-state index in [0.29, 0.717) is 5.56 Å². The number of nitrogens with zero attached hydrogens (tertiary/aromatic N) is 2. The first-order valence-corrected chi connectivity index (χ1v) is 13.3. The van der Waals surface area contributed by atoms with Gasteiger partial charge >= 0.3 is 13.9 Å². The average Bonchev–Trinajstić information content (AvgIpc) is 3.27. The van der Waals surface area contributed by atoms with Gasteiger partial charge in [-0.1, -0.05) is 48.5 Å². The van der Waals surface area contributed by atoms with Crippen LogP contribution in [0.4, 0.5) is 0 Å². The van der Waals surface area contributed by atoms with Gasteiger partial charge in [-0.25, -0.2) is 4.79 Å². The van der Waals surface area contributed by atoms with Crippen LogP contribution in [0, 0.1) is 0 Å². The minimum absolute atomic E-state index is 0.371. The quantitative estimate of drug-likeness (QED) is 0.216. The molecule has 39 heavy (non-hydrogen) atoms. The van der Waals surface area contributed by atoms with Crippen LogP contribution in [0.25, 0.3) is 32.3 Å². The van der Waals surface area contributed by atoms with Gasteiger partial charge in [-0.2, -0.15) is 0 Å². The van der Waals surface area contributed by atoms with Crippen LogP contribution in [-0.2, 0) is 13.8 Å². The van der Waals surface area contributed by atoms with Crippen LogP contribution in [0.5, 0.6) is 0 Å². The largest absolute Gasteiger partial charge is 0.695 e. The van der Waals surface area contributed by atoms with Crippen molar-refractivity contribution in [3.8, 4) is 0 Å². The molecule has 0 aliphatic carbocycles. The second-order valence-electron chi connectivity index (χ2n) is 9.45. The highest BCUT2D eigenvalue weighted by molar-refractivity contribution is 7.32. The van der Waals surface area contributed by atoms with Crippen LogP contribution in [0.2, 0.25) is 0 Å². The van der Waals surface area contributed by atoms with Gasteiger partial charge in [0.15, 0.2) is 12.3 Å². The smallest absolute Gasteiger partial charge is 0.394 e. The van der Waals surface area contributed by atoms with Crippen LogP contribution >= 0.6 is 8.25 Å². The molecule has 1 fully saturated rings. The summed E-state index contributed by atoms with van der Waals surface area (Å²) in [5.74, 6) is -0.454. The molecule has 2 heterocycles. The summed E-state index contributed by atoms with van der Waals surface area (Å²) in [5, 5.41) is 15.7. The summed E-state index contributed by atoms with van der Waals surface area (Å²) in [6.45, 7) is -0.611. The van der Waals surface area contributed by atoms with Gasteiger partial charge in [-0.05, 0) is 38.4 Å². The highest BCUT2D eigenvalue weighted by atomic mass is 31.1. The molecule has 1 aliphatic rings. The molecule has 4 aromatic carbocycles. The summed E-state index contributed by atoms with van der Waals surface area (Å²) < 4.78 is 23.9. The average molecular weight is 548 g/mol. The van der Waals surface area contributed by atoms with E-state index in [1.807, 2.05) is 48.5 Å². The molecule has 1 aromatic heterocycles. The van der Waals surface area contributed by atoms with E-state index in [1.54, 1.807) is 6.07 Å². The maximum atomic E-state index is 14.1. The molecule has 6 rings (SSSR count). The van der Waals surface area contributed by atoms with E-state index in [1.165, 1.54) is 18.1 Å². The Kier molecular flexibility index (Phi) is 6.25. The first-order chi connectivity index (χ1) is 18.8. The molecule has 1 aliphatic heterocycles. The molecule has 0 radical (unpaired) electrons.